The van der Waals surface area contributed by atoms with Gasteiger partial charge in [-0.1, -0.05) is 13.8 Å². The number of aromatic nitrogens is 1. The molecule has 3 aromatic rings. The molecule has 3 nitrogen and oxygen atoms in total. The molecular formula is C19H18BrFN2O. The quantitative estimate of drug-likeness (QED) is 0.633. The zero-order valence-corrected chi connectivity index (χ0v) is 15.1. The van der Waals surface area contributed by atoms with Gasteiger partial charge in [-0.25, -0.2) is 4.39 Å². The number of fused-ring (bicyclic) bond motifs is 1. The van der Waals surface area contributed by atoms with Crippen LogP contribution in [0.1, 0.15) is 24.2 Å². The number of benzene rings is 2. The van der Waals surface area contributed by atoms with Crippen molar-refractivity contribution in [1.82, 2.24) is 4.57 Å². The van der Waals surface area contributed by atoms with Gasteiger partial charge in [0, 0.05) is 33.8 Å². The summed E-state index contributed by atoms with van der Waals surface area (Å²) in [5, 5.41) is 3.89. The summed E-state index contributed by atoms with van der Waals surface area (Å²) in [7, 11) is 0. The predicted octanol–water partition coefficient (Wildman–Crippen LogP) is 5.45. The molecule has 0 saturated heterocycles. The van der Waals surface area contributed by atoms with Crippen molar-refractivity contribution in [2.45, 2.75) is 20.4 Å². The van der Waals surface area contributed by atoms with Gasteiger partial charge in [-0.3, -0.25) is 4.79 Å². The molecule has 1 N–H and O–H groups in total. The van der Waals surface area contributed by atoms with Crippen molar-refractivity contribution < 1.29 is 9.18 Å². The predicted molar refractivity (Wildman–Crippen MR) is 98.8 cm³/mol. The Balaban J connectivity index is 1.85. The first-order valence-electron chi connectivity index (χ1n) is 7.79. The average Bonchev–Trinajstić information content (AvgIpc) is 2.91. The van der Waals surface area contributed by atoms with Crippen molar-refractivity contribution in [2.75, 3.05) is 5.32 Å². The van der Waals surface area contributed by atoms with Gasteiger partial charge in [0.2, 0.25) is 0 Å². The van der Waals surface area contributed by atoms with Crippen LogP contribution in [0.15, 0.2) is 53.1 Å². The van der Waals surface area contributed by atoms with Crippen molar-refractivity contribution >= 4 is 38.4 Å². The number of hydrogen-bond donors (Lipinski definition) is 1. The standard InChI is InChI=1S/C19H18BrFN2O/c1-12(2)11-23-8-7-13-9-15(4-6-18(13)23)22-19(24)16-10-14(21)3-5-17(16)20/h3-10,12H,11H2,1-2H3,(H,22,24). The first-order chi connectivity index (χ1) is 11.4. The van der Waals surface area contributed by atoms with Crippen LogP contribution in [0, 0.1) is 11.7 Å². The van der Waals surface area contributed by atoms with E-state index >= 15 is 0 Å². The lowest BCUT2D eigenvalue weighted by atomic mass is 10.2. The highest BCUT2D eigenvalue weighted by atomic mass is 79.9. The van der Waals surface area contributed by atoms with Crippen LogP contribution in [-0.2, 0) is 6.54 Å². The third-order valence-corrected chi connectivity index (χ3v) is 4.46. The molecule has 0 saturated carbocycles. The molecule has 0 unspecified atom stereocenters. The van der Waals surface area contributed by atoms with Gasteiger partial charge in [0.25, 0.3) is 5.91 Å². The van der Waals surface area contributed by atoms with Gasteiger partial charge in [-0.15, -0.1) is 0 Å². The highest BCUT2D eigenvalue weighted by Gasteiger charge is 2.12. The Labute approximate surface area is 148 Å². The van der Waals surface area contributed by atoms with Gasteiger partial charge in [0.1, 0.15) is 5.82 Å². The monoisotopic (exact) mass is 388 g/mol. The lowest BCUT2D eigenvalue weighted by Gasteiger charge is -2.10. The van der Waals surface area contributed by atoms with E-state index in [1.165, 1.54) is 18.2 Å². The Morgan fingerprint density at radius 1 is 1.21 bits per heavy atom. The molecule has 1 aromatic heterocycles. The SMILES string of the molecule is CC(C)Cn1ccc2cc(NC(=O)c3cc(F)ccc3Br)ccc21. The topological polar surface area (TPSA) is 34.0 Å². The fourth-order valence-electron chi connectivity index (χ4n) is 2.70. The van der Waals surface area contributed by atoms with E-state index in [9.17, 15) is 9.18 Å². The number of amides is 1. The number of rotatable bonds is 4. The number of carbonyl (C=O) groups is 1. The van der Waals surface area contributed by atoms with Gasteiger partial charge in [0.05, 0.1) is 5.56 Å². The van der Waals surface area contributed by atoms with E-state index in [0.29, 0.717) is 16.1 Å². The minimum Gasteiger partial charge on any atom is -0.347 e. The summed E-state index contributed by atoms with van der Waals surface area (Å²) in [6.07, 6.45) is 2.05. The number of anilines is 1. The second kappa shape index (κ2) is 6.77. The van der Waals surface area contributed by atoms with Crippen molar-refractivity contribution in [1.29, 1.82) is 0 Å². The minimum absolute atomic E-state index is 0.271. The molecule has 3 rings (SSSR count). The largest absolute Gasteiger partial charge is 0.347 e. The lowest BCUT2D eigenvalue weighted by molar-refractivity contribution is 0.102. The zero-order valence-electron chi connectivity index (χ0n) is 13.5. The molecule has 0 aliphatic rings. The summed E-state index contributed by atoms with van der Waals surface area (Å²) in [4.78, 5) is 12.4. The Kier molecular flexibility index (Phi) is 4.71. The molecule has 1 amide bonds. The smallest absolute Gasteiger partial charge is 0.256 e. The van der Waals surface area contributed by atoms with Gasteiger partial charge in [-0.05, 0) is 64.3 Å². The van der Waals surface area contributed by atoms with Crippen molar-refractivity contribution in [2.24, 2.45) is 5.92 Å². The molecule has 0 fully saturated rings. The van der Waals surface area contributed by atoms with Crippen LogP contribution in [0.4, 0.5) is 10.1 Å². The van der Waals surface area contributed by atoms with Crippen LogP contribution in [0.2, 0.25) is 0 Å². The maximum atomic E-state index is 13.4. The number of halogens is 2. The lowest BCUT2D eigenvalue weighted by Crippen LogP contribution is -2.12. The van der Waals surface area contributed by atoms with Crippen LogP contribution in [0.5, 0.6) is 0 Å². The van der Waals surface area contributed by atoms with E-state index < -0.39 is 5.82 Å². The molecule has 0 aliphatic heterocycles. The Bertz CT molecular complexity index is 902. The number of nitrogens with zero attached hydrogens (tertiary/aromatic N) is 1. The van der Waals surface area contributed by atoms with E-state index in [4.69, 9.17) is 0 Å². The molecule has 24 heavy (non-hydrogen) atoms. The van der Waals surface area contributed by atoms with Gasteiger partial charge >= 0.3 is 0 Å². The maximum Gasteiger partial charge on any atom is 0.256 e. The molecule has 2 aromatic carbocycles. The zero-order chi connectivity index (χ0) is 17.3. The summed E-state index contributed by atoms with van der Waals surface area (Å²) in [5.41, 5.74) is 2.09. The molecule has 1 heterocycles. The average molecular weight is 389 g/mol. The summed E-state index contributed by atoms with van der Waals surface area (Å²) in [5.74, 6) is -0.225. The highest BCUT2D eigenvalue weighted by Crippen LogP contribution is 2.23. The van der Waals surface area contributed by atoms with Crippen molar-refractivity contribution in [3.63, 3.8) is 0 Å². The van der Waals surface area contributed by atoms with E-state index in [-0.39, 0.29) is 11.5 Å². The molecule has 5 heteroatoms. The maximum absolute atomic E-state index is 13.4. The van der Waals surface area contributed by atoms with Crippen LogP contribution in [0.25, 0.3) is 10.9 Å². The molecule has 0 bridgehead atoms. The third kappa shape index (κ3) is 3.51. The number of carbonyl (C=O) groups excluding carboxylic acids is 1. The van der Waals surface area contributed by atoms with Crippen molar-refractivity contribution in [3.8, 4) is 0 Å². The molecule has 0 radical (unpaired) electrons. The van der Waals surface area contributed by atoms with Crippen molar-refractivity contribution in [3.05, 3.63) is 64.5 Å². The van der Waals surface area contributed by atoms with Crippen LogP contribution < -0.4 is 5.32 Å². The molecule has 124 valence electrons. The summed E-state index contributed by atoms with van der Waals surface area (Å²) < 4.78 is 16.1. The first kappa shape index (κ1) is 16.7. The summed E-state index contributed by atoms with van der Waals surface area (Å²) in [6, 6.07) is 11.9. The summed E-state index contributed by atoms with van der Waals surface area (Å²) in [6.45, 7) is 5.31. The van der Waals surface area contributed by atoms with E-state index in [2.05, 4.69) is 45.9 Å². The second-order valence-electron chi connectivity index (χ2n) is 6.21. The second-order valence-corrected chi connectivity index (χ2v) is 7.07. The highest BCUT2D eigenvalue weighted by molar-refractivity contribution is 9.10. The van der Waals surface area contributed by atoms with Gasteiger partial charge < -0.3 is 9.88 Å². The van der Waals surface area contributed by atoms with E-state index in [1.807, 2.05) is 24.3 Å². The van der Waals surface area contributed by atoms with Gasteiger partial charge in [0.15, 0.2) is 0 Å². The van der Waals surface area contributed by atoms with Gasteiger partial charge in [-0.2, -0.15) is 0 Å². The fraction of sp³-hybridized carbons (Fsp3) is 0.211. The molecule has 0 spiro atoms. The van der Waals surface area contributed by atoms with Crippen LogP contribution in [0.3, 0.4) is 0 Å². The number of nitrogens with one attached hydrogen (secondary N) is 1. The molecule has 0 atom stereocenters. The van der Waals surface area contributed by atoms with Crippen LogP contribution in [-0.4, -0.2) is 10.5 Å². The molecular weight excluding hydrogens is 371 g/mol. The third-order valence-electron chi connectivity index (χ3n) is 3.76. The van der Waals surface area contributed by atoms with Crippen LogP contribution >= 0.6 is 15.9 Å². The fourth-order valence-corrected chi connectivity index (χ4v) is 3.13. The van der Waals surface area contributed by atoms with E-state index in [0.717, 1.165) is 17.4 Å². The molecule has 0 aliphatic carbocycles. The number of hydrogen-bond acceptors (Lipinski definition) is 1. The first-order valence-corrected chi connectivity index (χ1v) is 8.58. The normalized spacial score (nSPS) is 11.2. The Morgan fingerprint density at radius 2 is 2.00 bits per heavy atom. The van der Waals surface area contributed by atoms with E-state index in [1.54, 1.807) is 0 Å². The Hall–Kier alpha value is -2.14. The minimum atomic E-state index is -0.440. The Morgan fingerprint density at radius 3 is 2.75 bits per heavy atom. The summed E-state index contributed by atoms with van der Waals surface area (Å²) >= 11 is 3.28.